The number of nitrogens with zero attached hydrogens (tertiary/aromatic N) is 2. The average molecular weight is 300 g/mol. The molecule has 0 saturated carbocycles. The molecule has 0 rings (SSSR count). The molecule has 0 atom stereocenters. The van der Waals surface area contributed by atoms with Crippen LogP contribution < -0.4 is 0 Å². The number of carbonyl (C=O) groups is 2. The summed E-state index contributed by atoms with van der Waals surface area (Å²) in [5.74, 6) is -0.582. The summed E-state index contributed by atoms with van der Waals surface area (Å²) < 4.78 is 10.0. The number of amides is 1. The minimum absolute atomic E-state index is 0.0414. The highest BCUT2D eigenvalue weighted by molar-refractivity contribution is 6.23. The zero-order valence-corrected chi connectivity index (χ0v) is 14.2. The van der Waals surface area contributed by atoms with Gasteiger partial charge in [0, 0.05) is 6.54 Å². The number of carbonyl (C=O) groups excluding carboxylic acids is 2. The van der Waals surface area contributed by atoms with E-state index >= 15 is 0 Å². The van der Waals surface area contributed by atoms with Gasteiger partial charge in [0.05, 0.1) is 6.61 Å². The van der Waals surface area contributed by atoms with Crippen LogP contribution in [-0.4, -0.2) is 42.0 Å². The highest BCUT2D eigenvalue weighted by Gasteiger charge is 2.23. The molecule has 122 valence electrons. The van der Waals surface area contributed by atoms with Gasteiger partial charge in [-0.15, -0.1) is 0 Å². The van der Waals surface area contributed by atoms with Crippen molar-refractivity contribution in [2.75, 3.05) is 13.2 Å². The van der Waals surface area contributed by atoms with E-state index < -0.39 is 17.7 Å². The van der Waals surface area contributed by atoms with Gasteiger partial charge in [-0.25, -0.2) is 9.59 Å². The van der Waals surface area contributed by atoms with Crippen molar-refractivity contribution in [2.45, 2.75) is 60.5 Å². The number of ether oxygens (including phenoxy) is 2. The van der Waals surface area contributed by atoms with Crippen LogP contribution in [0.2, 0.25) is 0 Å². The second kappa shape index (κ2) is 8.00. The Morgan fingerprint density at radius 1 is 1.14 bits per heavy atom. The third kappa shape index (κ3) is 10.8. The molecule has 21 heavy (non-hydrogen) atoms. The maximum atomic E-state index is 12.1. The molecule has 0 bridgehead atoms. The molecule has 0 spiro atoms. The van der Waals surface area contributed by atoms with E-state index in [0.717, 1.165) is 17.6 Å². The Labute approximate surface area is 127 Å². The van der Waals surface area contributed by atoms with Crippen molar-refractivity contribution >= 4 is 18.3 Å². The second-order valence-corrected chi connectivity index (χ2v) is 6.91. The molecule has 0 aliphatic heterocycles. The number of esters is 1. The SMILES string of the molecule is CCOC(=O)C=NN(CCC(C)(C)C)C(=O)OC(C)(C)C. The van der Waals surface area contributed by atoms with Crippen molar-refractivity contribution < 1.29 is 19.1 Å². The Morgan fingerprint density at radius 2 is 1.71 bits per heavy atom. The zero-order valence-electron chi connectivity index (χ0n) is 14.2. The standard InChI is InChI=1S/C15H28N2O4/c1-8-20-12(18)11-16-17(10-9-14(2,3)4)13(19)21-15(5,6)7/h11H,8-10H2,1-7H3. The summed E-state index contributed by atoms with van der Waals surface area (Å²) in [6.45, 7) is 13.9. The van der Waals surface area contributed by atoms with Gasteiger partial charge in [0.1, 0.15) is 11.8 Å². The smallest absolute Gasteiger partial charge is 0.430 e. The Bertz CT molecular complexity index is 378. The van der Waals surface area contributed by atoms with Gasteiger partial charge in [0.15, 0.2) is 0 Å². The molecular weight excluding hydrogens is 272 g/mol. The molecule has 0 aromatic carbocycles. The molecule has 0 radical (unpaired) electrons. The normalized spacial score (nSPS) is 12.3. The Hall–Kier alpha value is -1.59. The molecular formula is C15H28N2O4. The maximum absolute atomic E-state index is 12.1. The first-order valence-electron chi connectivity index (χ1n) is 7.16. The van der Waals surface area contributed by atoms with E-state index in [1.165, 1.54) is 0 Å². The minimum Gasteiger partial charge on any atom is -0.462 e. The molecule has 0 aliphatic carbocycles. The third-order valence-electron chi connectivity index (χ3n) is 2.27. The fourth-order valence-corrected chi connectivity index (χ4v) is 1.25. The first-order valence-corrected chi connectivity index (χ1v) is 7.16. The van der Waals surface area contributed by atoms with Crippen molar-refractivity contribution in [1.29, 1.82) is 0 Å². The lowest BCUT2D eigenvalue weighted by Gasteiger charge is -2.26. The van der Waals surface area contributed by atoms with E-state index in [-0.39, 0.29) is 12.0 Å². The topological polar surface area (TPSA) is 68.2 Å². The van der Waals surface area contributed by atoms with Crippen LogP contribution in [0.4, 0.5) is 4.79 Å². The average Bonchev–Trinajstić information content (AvgIpc) is 2.25. The Balaban J connectivity index is 4.84. The van der Waals surface area contributed by atoms with Gasteiger partial charge in [-0.05, 0) is 39.5 Å². The molecule has 1 amide bonds. The predicted molar refractivity (Wildman–Crippen MR) is 82.1 cm³/mol. The molecule has 0 heterocycles. The number of hydrogen-bond acceptors (Lipinski definition) is 5. The summed E-state index contributed by atoms with van der Waals surface area (Å²) in [7, 11) is 0. The lowest BCUT2D eigenvalue weighted by Crippen LogP contribution is -2.35. The largest absolute Gasteiger partial charge is 0.462 e. The first kappa shape index (κ1) is 19.4. The van der Waals surface area contributed by atoms with Crippen LogP contribution >= 0.6 is 0 Å². The number of hydrogen-bond donors (Lipinski definition) is 0. The zero-order chi connectivity index (χ0) is 16.7. The lowest BCUT2D eigenvalue weighted by atomic mass is 9.92. The highest BCUT2D eigenvalue weighted by Crippen LogP contribution is 2.20. The Morgan fingerprint density at radius 3 is 2.14 bits per heavy atom. The van der Waals surface area contributed by atoms with E-state index in [2.05, 4.69) is 25.9 Å². The van der Waals surface area contributed by atoms with E-state index in [1.54, 1.807) is 27.7 Å². The first-order chi connectivity index (χ1) is 9.44. The summed E-state index contributed by atoms with van der Waals surface area (Å²) in [6.07, 6.45) is 1.15. The van der Waals surface area contributed by atoms with Crippen molar-refractivity contribution in [3.8, 4) is 0 Å². The Kier molecular flexibility index (Phi) is 7.39. The van der Waals surface area contributed by atoms with Gasteiger partial charge in [-0.3, -0.25) is 0 Å². The van der Waals surface area contributed by atoms with Gasteiger partial charge >= 0.3 is 12.1 Å². The summed E-state index contributed by atoms with van der Waals surface area (Å²) in [4.78, 5) is 23.4. The van der Waals surface area contributed by atoms with Crippen molar-refractivity contribution in [3.63, 3.8) is 0 Å². The summed E-state index contributed by atoms with van der Waals surface area (Å²) >= 11 is 0. The quantitative estimate of drug-likeness (QED) is 0.444. The molecule has 0 aliphatic rings. The van der Waals surface area contributed by atoms with Gasteiger partial charge < -0.3 is 9.47 Å². The lowest BCUT2D eigenvalue weighted by molar-refractivity contribution is -0.134. The van der Waals surface area contributed by atoms with Crippen molar-refractivity contribution in [3.05, 3.63) is 0 Å². The number of hydrazone groups is 1. The van der Waals surface area contributed by atoms with Crippen LogP contribution in [0.25, 0.3) is 0 Å². The summed E-state index contributed by atoms with van der Waals surface area (Å²) in [6, 6.07) is 0. The van der Waals surface area contributed by atoms with Crippen LogP contribution in [0.15, 0.2) is 5.10 Å². The van der Waals surface area contributed by atoms with Crippen LogP contribution in [0, 0.1) is 5.41 Å². The predicted octanol–water partition coefficient (Wildman–Crippen LogP) is 3.21. The van der Waals surface area contributed by atoms with Gasteiger partial charge in [-0.1, -0.05) is 20.8 Å². The molecule has 0 N–H and O–H groups in total. The molecule has 0 unspecified atom stereocenters. The fourth-order valence-electron chi connectivity index (χ4n) is 1.25. The van der Waals surface area contributed by atoms with Gasteiger partial charge in [0.2, 0.25) is 0 Å². The van der Waals surface area contributed by atoms with Crippen molar-refractivity contribution in [1.82, 2.24) is 5.01 Å². The molecule has 0 saturated heterocycles. The second-order valence-electron chi connectivity index (χ2n) is 6.91. The van der Waals surface area contributed by atoms with E-state index in [9.17, 15) is 9.59 Å². The molecule has 6 nitrogen and oxygen atoms in total. The van der Waals surface area contributed by atoms with Crippen LogP contribution in [0.1, 0.15) is 54.9 Å². The maximum Gasteiger partial charge on any atom is 0.430 e. The van der Waals surface area contributed by atoms with Crippen LogP contribution in [-0.2, 0) is 14.3 Å². The third-order valence-corrected chi connectivity index (χ3v) is 2.27. The molecule has 0 aromatic heterocycles. The van der Waals surface area contributed by atoms with Crippen LogP contribution in [0.5, 0.6) is 0 Å². The monoisotopic (exact) mass is 300 g/mol. The van der Waals surface area contributed by atoms with Crippen molar-refractivity contribution in [2.24, 2.45) is 10.5 Å². The van der Waals surface area contributed by atoms with Crippen LogP contribution in [0.3, 0.4) is 0 Å². The van der Waals surface area contributed by atoms with Gasteiger partial charge in [-0.2, -0.15) is 10.1 Å². The van der Waals surface area contributed by atoms with E-state index in [1.807, 2.05) is 0 Å². The van der Waals surface area contributed by atoms with E-state index in [4.69, 9.17) is 9.47 Å². The summed E-state index contributed by atoms with van der Waals surface area (Å²) in [5, 5.41) is 5.05. The molecule has 0 fully saturated rings. The summed E-state index contributed by atoms with van der Waals surface area (Å²) in [5.41, 5.74) is -0.573. The van der Waals surface area contributed by atoms with E-state index in [0.29, 0.717) is 6.54 Å². The number of rotatable bonds is 5. The van der Waals surface area contributed by atoms with Gasteiger partial charge in [0.25, 0.3) is 0 Å². The minimum atomic E-state index is -0.615. The molecule has 6 heteroatoms. The molecule has 0 aromatic rings. The highest BCUT2D eigenvalue weighted by atomic mass is 16.6. The fraction of sp³-hybridized carbons (Fsp3) is 0.800.